The van der Waals surface area contributed by atoms with E-state index in [9.17, 15) is 9.59 Å². The Morgan fingerprint density at radius 3 is 2.54 bits per heavy atom. The summed E-state index contributed by atoms with van der Waals surface area (Å²) in [6.07, 6.45) is 8.02. The standard InChI is InChI=1S/C17H24N4O3/c22-14(23)13-10-16(11-18-13)4-8-20(9-5-16)15(24)17(2-3-17)12-21-7-1-6-19-21/h1,6-7,13,18H,2-5,8-12H2,(H,22,23)/t13-/m0/s1. The first-order chi connectivity index (χ1) is 11.5. The first kappa shape index (κ1) is 15.6. The third-order valence-electron chi connectivity index (χ3n) is 6.10. The van der Waals surface area contributed by atoms with Gasteiger partial charge in [-0.3, -0.25) is 14.3 Å². The predicted octanol–water partition coefficient (Wildman–Crippen LogP) is 0.719. The number of piperidine rings is 1. The van der Waals surface area contributed by atoms with Gasteiger partial charge in [0.15, 0.2) is 0 Å². The molecule has 2 N–H and O–H groups in total. The fourth-order valence-electron chi connectivity index (χ4n) is 4.29. The zero-order valence-electron chi connectivity index (χ0n) is 13.8. The van der Waals surface area contributed by atoms with Crippen molar-refractivity contribution in [2.75, 3.05) is 19.6 Å². The van der Waals surface area contributed by atoms with Crippen LogP contribution >= 0.6 is 0 Å². The number of rotatable bonds is 4. The Morgan fingerprint density at radius 1 is 1.25 bits per heavy atom. The van der Waals surface area contributed by atoms with Gasteiger partial charge in [-0.15, -0.1) is 0 Å². The van der Waals surface area contributed by atoms with Gasteiger partial charge >= 0.3 is 5.97 Å². The van der Waals surface area contributed by atoms with Crippen molar-refractivity contribution in [3.8, 4) is 0 Å². The van der Waals surface area contributed by atoms with E-state index in [1.807, 2.05) is 21.8 Å². The van der Waals surface area contributed by atoms with E-state index in [4.69, 9.17) is 5.11 Å². The van der Waals surface area contributed by atoms with Crippen LogP contribution in [0.2, 0.25) is 0 Å². The van der Waals surface area contributed by atoms with Crippen LogP contribution in [-0.4, -0.2) is 57.3 Å². The zero-order chi connectivity index (χ0) is 16.8. The Kier molecular flexibility index (Phi) is 3.63. The SMILES string of the molecule is O=C(O)[C@@H]1CC2(CCN(C(=O)C3(Cn4cccn4)CC3)CC2)CN1. The normalized spacial score (nSPS) is 27.3. The first-order valence-electron chi connectivity index (χ1n) is 8.75. The highest BCUT2D eigenvalue weighted by Gasteiger charge is 2.53. The van der Waals surface area contributed by atoms with Crippen LogP contribution in [0.15, 0.2) is 18.5 Å². The van der Waals surface area contributed by atoms with Crippen LogP contribution in [0.5, 0.6) is 0 Å². The minimum absolute atomic E-state index is 0.0541. The maximum Gasteiger partial charge on any atom is 0.320 e. The van der Waals surface area contributed by atoms with Crippen molar-refractivity contribution >= 4 is 11.9 Å². The minimum Gasteiger partial charge on any atom is -0.480 e. The summed E-state index contributed by atoms with van der Waals surface area (Å²) in [6.45, 7) is 2.91. The number of likely N-dealkylation sites (tertiary alicyclic amines) is 1. The molecule has 0 radical (unpaired) electrons. The molecule has 4 rings (SSSR count). The van der Waals surface area contributed by atoms with Crippen molar-refractivity contribution in [3.63, 3.8) is 0 Å². The van der Waals surface area contributed by atoms with E-state index in [1.54, 1.807) is 6.20 Å². The van der Waals surface area contributed by atoms with Gasteiger partial charge < -0.3 is 15.3 Å². The Morgan fingerprint density at radius 2 is 2.00 bits per heavy atom. The topological polar surface area (TPSA) is 87.5 Å². The minimum atomic E-state index is -0.762. The maximum absolute atomic E-state index is 13.0. The third-order valence-corrected chi connectivity index (χ3v) is 6.10. The average Bonchev–Trinajstić information content (AvgIpc) is 2.97. The van der Waals surface area contributed by atoms with E-state index in [0.29, 0.717) is 13.0 Å². The number of nitrogens with one attached hydrogen (secondary N) is 1. The van der Waals surface area contributed by atoms with Crippen LogP contribution in [0, 0.1) is 10.8 Å². The van der Waals surface area contributed by atoms with Gasteiger partial charge in [-0.1, -0.05) is 0 Å². The monoisotopic (exact) mass is 332 g/mol. The molecule has 3 fully saturated rings. The smallest absolute Gasteiger partial charge is 0.320 e. The number of aromatic nitrogens is 2. The molecule has 24 heavy (non-hydrogen) atoms. The van der Waals surface area contributed by atoms with E-state index in [2.05, 4.69) is 10.4 Å². The molecule has 7 heteroatoms. The molecule has 7 nitrogen and oxygen atoms in total. The van der Waals surface area contributed by atoms with Crippen molar-refractivity contribution in [2.24, 2.45) is 10.8 Å². The summed E-state index contributed by atoms with van der Waals surface area (Å²) in [5, 5.41) is 16.5. The van der Waals surface area contributed by atoms with Gasteiger partial charge in [0.2, 0.25) is 5.91 Å². The van der Waals surface area contributed by atoms with E-state index in [1.165, 1.54) is 0 Å². The molecule has 1 aromatic heterocycles. The highest BCUT2D eigenvalue weighted by Crippen LogP contribution is 2.50. The second-order valence-electron chi connectivity index (χ2n) is 7.75. The van der Waals surface area contributed by atoms with Gasteiger partial charge in [0, 0.05) is 32.0 Å². The lowest BCUT2D eigenvalue weighted by Gasteiger charge is -2.40. The zero-order valence-corrected chi connectivity index (χ0v) is 13.8. The predicted molar refractivity (Wildman–Crippen MR) is 86.2 cm³/mol. The molecule has 1 atom stereocenters. The number of amides is 1. The highest BCUT2D eigenvalue weighted by molar-refractivity contribution is 5.85. The third kappa shape index (κ3) is 2.70. The lowest BCUT2D eigenvalue weighted by atomic mass is 9.76. The van der Waals surface area contributed by atoms with E-state index in [-0.39, 0.29) is 16.7 Å². The molecule has 2 aliphatic heterocycles. The van der Waals surface area contributed by atoms with Crippen molar-refractivity contribution in [3.05, 3.63) is 18.5 Å². The number of carbonyl (C=O) groups excluding carboxylic acids is 1. The molecule has 0 unspecified atom stereocenters. The van der Waals surface area contributed by atoms with Gasteiger partial charge in [0.25, 0.3) is 0 Å². The lowest BCUT2D eigenvalue weighted by molar-refractivity contribution is -0.141. The van der Waals surface area contributed by atoms with E-state index < -0.39 is 12.0 Å². The number of nitrogens with zero attached hydrogens (tertiary/aromatic N) is 3. The van der Waals surface area contributed by atoms with Crippen LogP contribution in [0.3, 0.4) is 0 Å². The van der Waals surface area contributed by atoms with Gasteiger partial charge in [0.1, 0.15) is 6.04 Å². The molecule has 1 amide bonds. The van der Waals surface area contributed by atoms with Crippen molar-refractivity contribution in [1.82, 2.24) is 20.0 Å². The van der Waals surface area contributed by atoms with Crippen LogP contribution in [-0.2, 0) is 16.1 Å². The molecule has 0 bridgehead atoms. The molecule has 130 valence electrons. The quantitative estimate of drug-likeness (QED) is 0.848. The van der Waals surface area contributed by atoms with Crippen LogP contribution in [0.1, 0.15) is 32.1 Å². The summed E-state index contributed by atoms with van der Waals surface area (Å²) in [5.41, 5.74) is -0.202. The summed E-state index contributed by atoms with van der Waals surface area (Å²) in [6, 6.07) is 1.46. The molecular weight excluding hydrogens is 308 g/mol. The summed E-state index contributed by atoms with van der Waals surface area (Å²) in [4.78, 5) is 26.1. The molecule has 3 heterocycles. The number of carbonyl (C=O) groups is 2. The molecule has 2 saturated heterocycles. The summed E-state index contributed by atoms with van der Waals surface area (Å²) in [5.74, 6) is -0.505. The molecule has 1 saturated carbocycles. The first-order valence-corrected chi connectivity index (χ1v) is 8.75. The highest BCUT2D eigenvalue weighted by atomic mass is 16.4. The van der Waals surface area contributed by atoms with Crippen LogP contribution in [0.4, 0.5) is 0 Å². The largest absolute Gasteiger partial charge is 0.480 e. The Hall–Kier alpha value is -1.89. The molecule has 1 aliphatic carbocycles. The van der Waals surface area contributed by atoms with Gasteiger partial charge in [-0.25, -0.2) is 0 Å². The molecule has 0 aromatic carbocycles. The van der Waals surface area contributed by atoms with Crippen molar-refractivity contribution in [2.45, 2.75) is 44.7 Å². The Labute approximate surface area is 141 Å². The molecular formula is C17H24N4O3. The fraction of sp³-hybridized carbons (Fsp3) is 0.706. The van der Waals surface area contributed by atoms with Gasteiger partial charge in [-0.05, 0) is 43.6 Å². The number of carboxylic acid groups (broad SMARTS) is 1. The average molecular weight is 332 g/mol. The van der Waals surface area contributed by atoms with Crippen LogP contribution < -0.4 is 5.32 Å². The number of hydrogen-bond donors (Lipinski definition) is 2. The molecule has 1 spiro atoms. The summed E-state index contributed by atoms with van der Waals surface area (Å²) in [7, 11) is 0. The number of hydrogen-bond acceptors (Lipinski definition) is 4. The van der Waals surface area contributed by atoms with Gasteiger partial charge in [-0.2, -0.15) is 5.10 Å². The van der Waals surface area contributed by atoms with Crippen molar-refractivity contribution < 1.29 is 14.7 Å². The van der Waals surface area contributed by atoms with Crippen LogP contribution in [0.25, 0.3) is 0 Å². The molecule has 3 aliphatic rings. The van der Waals surface area contributed by atoms with E-state index in [0.717, 1.165) is 45.3 Å². The van der Waals surface area contributed by atoms with Crippen molar-refractivity contribution in [1.29, 1.82) is 0 Å². The molecule has 1 aromatic rings. The second-order valence-corrected chi connectivity index (χ2v) is 7.75. The fourth-order valence-corrected chi connectivity index (χ4v) is 4.29. The van der Waals surface area contributed by atoms with E-state index >= 15 is 0 Å². The number of aliphatic carboxylic acids is 1. The lowest BCUT2D eigenvalue weighted by Crippen LogP contribution is -2.47. The van der Waals surface area contributed by atoms with Gasteiger partial charge in [0.05, 0.1) is 12.0 Å². The summed E-state index contributed by atoms with van der Waals surface area (Å²) < 4.78 is 1.86. The second kappa shape index (κ2) is 5.58. The summed E-state index contributed by atoms with van der Waals surface area (Å²) >= 11 is 0. The Bertz CT molecular complexity index is 630. The number of carboxylic acids is 1. The Balaban J connectivity index is 1.36. The maximum atomic E-state index is 13.0.